The smallest absolute Gasteiger partial charge is 0.321 e. The fraction of sp³-hybridized carbons (Fsp3) is 0.667. The lowest BCUT2D eigenvalue weighted by Gasteiger charge is -2.34. The van der Waals surface area contributed by atoms with E-state index < -0.39 is 0 Å². The molecular weight excluding hydrogens is 312 g/mol. The van der Waals surface area contributed by atoms with Crippen molar-refractivity contribution in [1.82, 2.24) is 4.90 Å². The van der Waals surface area contributed by atoms with Crippen molar-refractivity contribution in [3.8, 4) is 0 Å². The van der Waals surface area contributed by atoms with Crippen LogP contribution in [0.5, 0.6) is 0 Å². The third-order valence-corrected chi connectivity index (χ3v) is 5.55. The Morgan fingerprint density at radius 2 is 1.64 bits per heavy atom. The Labute approximate surface area is 152 Å². The van der Waals surface area contributed by atoms with Gasteiger partial charge in [-0.2, -0.15) is 0 Å². The third kappa shape index (κ3) is 4.75. The van der Waals surface area contributed by atoms with E-state index in [1.54, 1.807) is 0 Å². The standard InChI is InChI=1S/C21H34N2O2/c1-14(2)18-7-6-8-19(15(3)4)20(18)22-21(25)23(5)17-11-9-16(13-24)10-12-17/h6-8,14-17,24H,9-13H2,1-5H3,(H,22,25). The van der Waals surface area contributed by atoms with Crippen LogP contribution in [0.4, 0.5) is 10.5 Å². The van der Waals surface area contributed by atoms with Gasteiger partial charge in [-0.15, -0.1) is 0 Å². The molecule has 2 N–H and O–H groups in total. The molecule has 1 fully saturated rings. The molecule has 4 heteroatoms. The average molecular weight is 347 g/mol. The van der Waals surface area contributed by atoms with Crippen LogP contribution in [-0.4, -0.2) is 35.7 Å². The van der Waals surface area contributed by atoms with Crippen LogP contribution in [0.15, 0.2) is 18.2 Å². The summed E-state index contributed by atoms with van der Waals surface area (Å²) < 4.78 is 0. The van der Waals surface area contributed by atoms with Crippen LogP contribution in [-0.2, 0) is 0 Å². The van der Waals surface area contributed by atoms with Crippen LogP contribution in [0, 0.1) is 5.92 Å². The SMILES string of the molecule is CC(C)c1cccc(C(C)C)c1NC(=O)N(C)C1CCC(CO)CC1. The predicted molar refractivity (Wildman–Crippen MR) is 104 cm³/mol. The molecule has 0 unspecified atom stereocenters. The molecule has 0 bridgehead atoms. The van der Waals surface area contributed by atoms with Crippen molar-refractivity contribution < 1.29 is 9.90 Å². The molecule has 0 heterocycles. The summed E-state index contributed by atoms with van der Waals surface area (Å²) in [5, 5.41) is 12.5. The molecule has 140 valence electrons. The quantitative estimate of drug-likeness (QED) is 0.792. The van der Waals surface area contributed by atoms with Crippen molar-refractivity contribution in [3.05, 3.63) is 29.3 Å². The molecule has 0 aromatic heterocycles. The van der Waals surface area contributed by atoms with Crippen LogP contribution >= 0.6 is 0 Å². The van der Waals surface area contributed by atoms with Gasteiger partial charge in [-0.25, -0.2) is 4.79 Å². The van der Waals surface area contributed by atoms with Gasteiger partial charge in [-0.1, -0.05) is 45.9 Å². The molecule has 0 spiro atoms. The maximum atomic E-state index is 12.9. The fourth-order valence-electron chi connectivity index (χ4n) is 3.77. The minimum Gasteiger partial charge on any atom is -0.396 e. The molecule has 2 amide bonds. The maximum Gasteiger partial charge on any atom is 0.321 e. The van der Waals surface area contributed by atoms with Gasteiger partial charge in [0.2, 0.25) is 0 Å². The van der Waals surface area contributed by atoms with Crippen molar-refractivity contribution in [2.75, 3.05) is 19.0 Å². The van der Waals surface area contributed by atoms with Crippen molar-refractivity contribution in [2.24, 2.45) is 5.92 Å². The summed E-state index contributed by atoms with van der Waals surface area (Å²) in [6, 6.07) is 6.54. The molecule has 1 saturated carbocycles. The molecule has 1 aromatic rings. The number of hydrogen-bond donors (Lipinski definition) is 2. The van der Waals surface area contributed by atoms with Gasteiger partial charge >= 0.3 is 6.03 Å². The van der Waals surface area contributed by atoms with Gasteiger partial charge in [0.05, 0.1) is 0 Å². The average Bonchev–Trinajstić information content (AvgIpc) is 2.60. The Bertz CT molecular complexity index is 549. The second kappa shape index (κ2) is 8.70. The summed E-state index contributed by atoms with van der Waals surface area (Å²) in [5.41, 5.74) is 3.36. The van der Waals surface area contributed by atoms with E-state index in [1.807, 2.05) is 11.9 Å². The number of nitrogens with zero attached hydrogens (tertiary/aromatic N) is 1. The van der Waals surface area contributed by atoms with E-state index in [9.17, 15) is 9.90 Å². The van der Waals surface area contributed by atoms with Crippen LogP contribution in [0.1, 0.15) is 76.3 Å². The molecule has 1 aliphatic carbocycles. The first-order valence-corrected chi connectivity index (χ1v) is 9.62. The number of nitrogens with one attached hydrogen (secondary N) is 1. The second-order valence-electron chi connectivity index (χ2n) is 8.02. The van der Waals surface area contributed by atoms with Crippen molar-refractivity contribution in [1.29, 1.82) is 0 Å². The number of rotatable bonds is 5. The number of aliphatic hydroxyl groups excluding tert-OH is 1. The van der Waals surface area contributed by atoms with Crippen LogP contribution < -0.4 is 5.32 Å². The van der Waals surface area contributed by atoms with E-state index in [0.717, 1.165) is 31.4 Å². The predicted octanol–water partition coefficient (Wildman–Crippen LogP) is 4.95. The van der Waals surface area contributed by atoms with Gasteiger partial charge < -0.3 is 15.3 Å². The molecule has 0 aliphatic heterocycles. The molecule has 2 rings (SSSR count). The van der Waals surface area contributed by atoms with E-state index in [0.29, 0.717) is 17.8 Å². The summed E-state index contributed by atoms with van der Waals surface area (Å²) in [4.78, 5) is 14.7. The molecule has 25 heavy (non-hydrogen) atoms. The highest BCUT2D eigenvalue weighted by molar-refractivity contribution is 5.91. The number of aliphatic hydroxyl groups is 1. The molecule has 0 atom stereocenters. The molecule has 4 nitrogen and oxygen atoms in total. The normalized spacial score (nSPS) is 20.8. The maximum absolute atomic E-state index is 12.9. The molecule has 1 aliphatic rings. The summed E-state index contributed by atoms with van der Waals surface area (Å²) in [5.74, 6) is 1.13. The van der Waals surface area contributed by atoms with Gasteiger partial charge in [0.1, 0.15) is 0 Å². The Morgan fingerprint density at radius 3 is 2.08 bits per heavy atom. The Kier molecular flexibility index (Phi) is 6.88. The first-order chi connectivity index (χ1) is 11.8. The zero-order chi connectivity index (χ0) is 18.6. The summed E-state index contributed by atoms with van der Waals surface area (Å²) in [7, 11) is 1.90. The topological polar surface area (TPSA) is 52.6 Å². The van der Waals surface area contributed by atoms with Crippen molar-refractivity contribution in [3.63, 3.8) is 0 Å². The summed E-state index contributed by atoms with van der Waals surface area (Å²) in [6.07, 6.45) is 3.94. The minimum atomic E-state index is -0.0255. The highest BCUT2D eigenvalue weighted by atomic mass is 16.3. The van der Waals surface area contributed by atoms with E-state index in [2.05, 4.69) is 51.2 Å². The first-order valence-electron chi connectivity index (χ1n) is 9.62. The number of amides is 2. The number of carbonyl (C=O) groups excluding carboxylic acids is 1. The highest BCUT2D eigenvalue weighted by Gasteiger charge is 2.27. The zero-order valence-corrected chi connectivity index (χ0v) is 16.4. The van der Waals surface area contributed by atoms with E-state index >= 15 is 0 Å². The number of carbonyl (C=O) groups is 1. The van der Waals surface area contributed by atoms with Gasteiger partial charge in [0.25, 0.3) is 0 Å². The van der Waals surface area contributed by atoms with Crippen molar-refractivity contribution >= 4 is 11.7 Å². The number of para-hydroxylation sites is 1. The van der Waals surface area contributed by atoms with E-state index in [-0.39, 0.29) is 18.7 Å². The Balaban J connectivity index is 2.14. The lowest BCUT2D eigenvalue weighted by atomic mass is 9.86. The van der Waals surface area contributed by atoms with Crippen LogP contribution in [0.25, 0.3) is 0 Å². The zero-order valence-electron chi connectivity index (χ0n) is 16.4. The Hall–Kier alpha value is -1.55. The first kappa shape index (κ1) is 19.8. The molecule has 1 aromatic carbocycles. The van der Waals surface area contributed by atoms with E-state index in [4.69, 9.17) is 0 Å². The van der Waals surface area contributed by atoms with Gasteiger partial charge in [0.15, 0.2) is 0 Å². The summed E-state index contributed by atoms with van der Waals surface area (Å²) in [6.45, 7) is 8.91. The van der Waals surface area contributed by atoms with Gasteiger partial charge in [0, 0.05) is 25.4 Å². The monoisotopic (exact) mass is 346 g/mol. The minimum absolute atomic E-state index is 0.0255. The lowest BCUT2D eigenvalue weighted by Crippen LogP contribution is -2.42. The molecular formula is C21H34N2O2. The Morgan fingerprint density at radius 1 is 1.12 bits per heavy atom. The number of hydrogen-bond acceptors (Lipinski definition) is 2. The number of benzene rings is 1. The van der Waals surface area contributed by atoms with Gasteiger partial charge in [-0.3, -0.25) is 0 Å². The summed E-state index contributed by atoms with van der Waals surface area (Å²) >= 11 is 0. The van der Waals surface area contributed by atoms with E-state index in [1.165, 1.54) is 11.1 Å². The van der Waals surface area contributed by atoms with Crippen LogP contribution in [0.3, 0.4) is 0 Å². The second-order valence-corrected chi connectivity index (χ2v) is 8.02. The highest BCUT2D eigenvalue weighted by Crippen LogP contribution is 2.33. The molecule has 0 saturated heterocycles. The molecule has 0 radical (unpaired) electrons. The third-order valence-electron chi connectivity index (χ3n) is 5.55. The largest absolute Gasteiger partial charge is 0.396 e. The number of urea groups is 1. The van der Waals surface area contributed by atoms with Gasteiger partial charge in [-0.05, 0) is 54.6 Å². The van der Waals surface area contributed by atoms with Crippen LogP contribution in [0.2, 0.25) is 0 Å². The number of anilines is 1. The van der Waals surface area contributed by atoms with Crippen molar-refractivity contribution in [2.45, 2.75) is 71.3 Å². The lowest BCUT2D eigenvalue weighted by molar-refractivity contribution is 0.139. The fourth-order valence-corrected chi connectivity index (χ4v) is 3.77.